The van der Waals surface area contributed by atoms with Crippen LogP contribution in [0.2, 0.25) is 0 Å². The zero-order valence-corrected chi connectivity index (χ0v) is 10.2. The number of nitrogens with zero attached hydrogens (tertiary/aromatic N) is 2. The summed E-state index contributed by atoms with van der Waals surface area (Å²) in [5.74, 6) is 0. The summed E-state index contributed by atoms with van der Waals surface area (Å²) in [5, 5.41) is 0. The topological polar surface area (TPSA) is 40.6 Å². The first-order valence-electron chi connectivity index (χ1n) is 5.48. The quantitative estimate of drug-likeness (QED) is 0.655. The molecule has 4 nitrogen and oxygen atoms in total. The minimum absolute atomic E-state index is 0.492. The number of benzene rings is 1. The van der Waals surface area contributed by atoms with Gasteiger partial charge >= 0.3 is 0 Å². The van der Waals surface area contributed by atoms with E-state index in [0.29, 0.717) is 13.1 Å². The molecule has 4 heteroatoms. The third kappa shape index (κ3) is 3.90. The van der Waals surface area contributed by atoms with E-state index in [1.807, 2.05) is 24.3 Å². The van der Waals surface area contributed by atoms with Gasteiger partial charge in [0.2, 0.25) is 12.8 Å². The van der Waals surface area contributed by atoms with Gasteiger partial charge in [0.15, 0.2) is 0 Å². The van der Waals surface area contributed by atoms with Crippen LogP contribution in [0.1, 0.15) is 11.1 Å². The second kappa shape index (κ2) is 7.06. The third-order valence-electron chi connectivity index (χ3n) is 2.49. The van der Waals surface area contributed by atoms with E-state index in [0.717, 1.165) is 23.9 Å². The fourth-order valence-electron chi connectivity index (χ4n) is 1.46. The Bertz CT molecular complexity index is 369. The van der Waals surface area contributed by atoms with Crippen LogP contribution < -0.4 is 0 Å². The summed E-state index contributed by atoms with van der Waals surface area (Å²) >= 11 is 0. The van der Waals surface area contributed by atoms with Crippen molar-refractivity contribution in [3.63, 3.8) is 0 Å². The lowest BCUT2D eigenvalue weighted by Gasteiger charge is -2.13. The van der Waals surface area contributed by atoms with E-state index in [1.165, 1.54) is 22.2 Å². The molecule has 0 atom stereocenters. The molecule has 0 aliphatic carbocycles. The molecule has 0 heterocycles. The maximum Gasteiger partial charge on any atom is 0.213 e. The molecule has 1 aromatic rings. The molecule has 0 spiro atoms. The van der Waals surface area contributed by atoms with E-state index in [2.05, 4.69) is 13.2 Å². The molecular formula is C14H16N2O2. The zero-order valence-electron chi connectivity index (χ0n) is 10.2. The highest BCUT2D eigenvalue weighted by Gasteiger charge is 2.01. The van der Waals surface area contributed by atoms with Crippen LogP contribution in [-0.4, -0.2) is 22.6 Å². The molecule has 0 radical (unpaired) electrons. The Morgan fingerprint density at radius 3 is 1.39 bits per heavy atom. The lowest BCUT2D eigenvalue weighted by molar-refractivity contribution is -0.117. The number of amides is 2. The number of carbonyl (C=O) groups excluding carboxylic acids is 2. The van der Waals surface area contributed by atoms with Gasteiger partial charge in [-0.3, -0.25) is 9.59 Å². The van der Waals surface area contributed by atoms with E-state index in [-0.39, 0.29) is 0 Å². The SMILES string of the molecule is C=CN(C=O)Cc1ccc(CN(C=C)C=O)cc1. The Hall–Kier alpha value is -2.36. The molecule has 1 aromatic carbocycles. The second-order valence-corrected chi connectivity index (χ2v) is 3.74. The molecule has 0 aliphatic heterocycles. The number of rotatable bonds is 8. The minimum Gasteiger partial charge on any atom is -0.318 e. The van der Waals surface area contributed by atoms with Gasteiger partial charge < -0.3 is 9.80 Å². The third-order valence-corrected chi connectivity index (χ3v) is 2.49. The van der Waals surface area contributed by atoms with Gasteiger partial charge in [0.05, 0.1) is 0 Å². The monoisotopic (exact) mass is 244 g/mol. The van der Waals surface area contributed by atoms with Gasteiger partial charge in [-0.05, 0) is 23.5 Å². The first-order valence-corrected chi connectivity index (χ1v) is 5.48. The normalized spacial score (nSPS) is 9.33. The lowest BCUT2D eigenvalue weighted by atomic mass is 10.1. The van der Waals surface area contributed by atoms with Gasteiger partial charge in [0, 0.05) is 13.1 Å². The Labute approximate surface area is 107 Å². The van der Waals surface area contributed by atoms with Crippen LogP contribution in [0, 0.1) is 0 Å². The van der Waals surface area contributed by atoms with E-state index in [9.17, 15) is 9.59 Å². The van der Waals surface area contributed by atoms with Gasteiger partial charge in [0.1, 0.15) is 0 Å². The summed E-state index contributed by atoms with van der Waals surface area (Å²) in [6.07, 6.45) is 4.42. The van der Waals surface area contributed by atoms with Crippen LogP contribution in [0.3, 0.4) is 0 Å². The maximum absolute atomic E-state index is 10.6. The van der Waals surface area contributed by atoms with Gasteiger partial charge in [-0.15, -0.1) is 0 Å². The Morgan fingerprint density at radius 1 is 0.833 bits per heavy atom. The highest BCUT2D eigenvalue weighted by molar-refractivity contribution is 5.50. The number of hydrogen-bond donors (Lipinski definition) is 0. The van der Waals surface area contributed by atoms with Gasteiger partial charge in [-0.25, -0.2) is 0 Å². The van der Waals surface area contributed by atoms with Gasteiger partial charge in [-0.1, -0.05) is 37.4 Å². The van der Waals surface area contributed by atoms with Crippen LogP contribution in [0.5, 0.6) is 0 Å². The van der Waals surface area contributed by atoms with Crippen molar-refractivity contribution < 1.29 is 9.59 Å². The molecule has 0 saturated heterocycles. The molecule has 0 N–H and O–H groups in total. The van der Waals surface area contributed by atoms with Gasteiger partial charge in [0.25, 0.3) is 0 Å². The standard InChI is InChI=1S/C14H16N2O2/c1-3-15(11-17)9-13-5-7-14(8-6-13)10-16(4-2)12-18/h3-8,11-12H,1-2,9-10H2. The molecule has 0 saturated carbocycles. The first kappa shape index (κ1) is 13.7. The summed E-state index contributed by atoms with van der Waals surface area (Å²) < 4.78 is 0. The first-order chi connectivity index (χ1) is 8.73. The maximum atomic E-state index is 10.6. The predicted octanol–water partition coefficient (Wildman–Crippen LogP) is 1.89. The van der Waals surface area contributed by atoms with Gasteiger partial charge in [-0.2, -0.15) is 0 Å². The van der Waals surface area contributed by atoms with E-state index < -0.39 is 0 Å². The Morgan fingerprint density at radius 2 is 1.17 bits per heavy atom. The van der Waals surface area contributed by atoms with Crippen molar-refractivity contribution in [3.8, 4) is 0 Å². The largest absolute Gasteiger partial charge is 0.318 e. The molecule has 18 heavy (non-hydrogen) atoms. The lowest BCUT2D eigenvalue weighted by Crippen LogP contribution is -2.14. The van der Waals surface area contributed by atoms with Crippen molar-refractivity contribution in [3.05, 3.63) is 61.0 Å². The second-order valence-electron chi connectivity index (χ2n) is 3.74. The minimum atomic E-state index is 0.492. The van der Waals surface area contributed by atoms with Crippen LogP contribution in [0.25, 0.3) is 0 Å². The molecule has 0 aromatic heterocycles. The summed E-state index contributed by atoms with van der Waals surface area (Å²) in [7, 11) is 0. The Kier molecular flexibility index (Phi) is 5.38. The summed E-state index contributed by atoms with van der Waals surface area (Å²) in [4.78, 5) is 24.2. The molecular weight excluding hydrogens is 228 g/mol. The van der Waals surface area contributed by atoms with Crippen molar-refractivity contribution in [1.82, 2.24) is 9.80 Å². The molecule has 0 bridgehead atoms. The average molecular weight is 244 g/mol. The van der Waals surface area contributed by atoms with E-state index in [4.69, 9.17) is 0 Å². The van der Waals surface area contributed by atoms with Crippen LogP contribution in [0.15, 0.2) is 49.8 Å². The van der Waals surface area contributed by atoms with E-state index in [1.54, 1.807) is 0 Å². The summed E-state index contributed by atoms with van der Waals surface area (Å²) in [6.45, 7) is 8.07. The highest BCUT2D eigenvalue weighted by Crippen LogP contribution is 2.09. The molecule has 0 fully saturated rings. The molecule has 94 valence electrons. The highest BCUT2D eigenvalue weighted by atomic mass is 16.1. The van der Waals surface area contributed by atoms with Crippen LogP contribution in [0.4, 0.5) is 0 Å². The molecule has 0 unspecified atom stereocenters. The summed E-state index contributed by atoms with van der Waals surface area (Å²) in [6, 6.07) is 7.67. The van der Waals surface area contributed by atoms with Crippen molar-refractivity contribution >= 4 is 12.8 Å². The van der Waals surface area contributed by atoms with Crippen molar-refractivity contribution in [2.75, 3.05) is 0 Å². The van der Waals surface area contributed by atoms with Crippen LogP contribution in [-0.2, 0) is 22.7 Å². The molecule has 1 rings (SSSR count). The fraction of sp³-hybridized carbons (Fsp3) is 0.143. The fourth-order valence-corrected chi connectivity index (χ4v) is 1.46. The molecule has 2 amide bonds. The Balaban J connectivity index is 2.67. The predicted molar refractivity (Wildman–Crippen MR) is 70.1 cm³/mol. The average Bonchev–Trinajstić information content (AvgIpc) is 2.43. The van der Waals surface area contributed by atoms with Crippen molar-refractivity contribution in [2.45, 2.75) is 13.1 Å². The summed E-state index contributed by atoms with van der Waals surface area (Å²) in [5.41, 5.74) is 2.00. The van der Waals surface area contributed by atoms with E-state index >= 15 is 0 Å². The van der Waals surface area contributed by atoms with Crippen molar-refractivity contribution in [1.29, 1.82) is 0 Å². The van der Waals surface area contributed by atoms with Crippen LogP contribution >= 0.6 is 0 Å². The number of carbonyl (C=O) groups is 2. The smallest absolute Gasteiger partial charge is 0.213 e. The molecule has 0 aliphatic rings. The number of hydrogen-bond acceptors (Lipinski definition) is 2. The van der Waals surface area contributed by atoms with Crippen molar-refractivity contribution in [2.24, 2.45) is 0 Å². The zero-order chi connectivity index (χ0) is 13.4.